The second-order valence-corrected chi connectivity index (χ2v) is 6.32. The lowest BCUT2D eigenvalue weighted by Crippen LogP contribution is -2.17. The number of thioether (sulfide) groups is 1. The van der Waals surface area contributed by atoms with Crippen LogP contribution in [0.25, 0.3) is 0 Å². The Morgan fingerprint density at radius 2 is 1.79 bits per heavy atom. The molecule has 0 bridgehead atoms. The standard InChI is InChI=1S/C13H14S/c1-2-5-9(6-3-1)14-13-10-7-4-8-11(13)12(10)13/h1-3,5-6,10-12H,4,7-8H2. The molecule has 0 N–H and O–H groups in total. The minimum absolute atomic E-state index is 0.750. The van der Waals surface area contributed by atoms with Crippen LogP contribution >= 0.6 is 11.8 Å². The van der Waals surface area contributed by atoms with Gasteiger partial charge >= 0.3 is 0 Å². The zero-order chi connectivity index (χ0) is 9.17. The molecule has 72 valence electrons. The van der Waals surface area contributed by atoms with Crippen molar-refractivity contribution in [2.75, 3.05) is 0 Å². The van der Waals surface area contributed by atoms with E-state index in [2.05, 4.69) is 42.1 Å². The van der Waals surface area contributed by atoms with Crippen LogP contribution in [0.15, 0.2) is 35.2 Å². The van der Waals surface area contributed by atoms with Crippen molar-refractivity contribution in [2.24, 2.45) is 17.8 Å². The van der Waals surface area contributed by atoms with Gasteiger partial charge in [0.1, 0.15) is 0 Å². The van der Waals surface area contributed by atoms with Crippen LogP contribution < -0.4 is 0 Å². The highest BCUT2D eigenvalue weighted by Gasteiger charge is 2.86. The minimum atomic E-state index is 0.750. The molecule has 14 heavy (non-hydrogen) atoms. The minimum Gasteiger partial charge on any atom is -0.118 e. The molecule has 3 fully saturated rings. The molecule has 2 unspecified atom stereocenters. The van der Waals surface area contributed by atoms with Crippen molar-refractivity contribution in [3.05, 3.63) is 30.3 Å². The average molecular weight is 202 g/mol. The second-order valence-electron chi connectivity index (χ2n) is 4.94. The Morgan fingerprint density at radius 1 is 1.07 bits per heavy atom. The third kappa shape index (κ3) is 0.785. The SMILES string of the molecule is c1ccc(SC23C4CCCC2C43)cc1. The van der Waals surface area contributed by atoms with E-state index in [0.29, 0.717) is 0 Å². The second kappa shape index (κ2) is 2.38. The molecule has 4 rings (SSSR count). The van der Waals surface area contributed by atoms with Crippen LogP contribution in [0.4, 0.5) is 0 Å². The van der Waals surface area contributed by atoms with Crippen LogP contribution in [0.1, 0.15) is 19.3 Å². The first-order chi connectivity index (χ1) is 6.93. The van der Waals surface area contributed by atoms with E-state index in [4.69, 9.17) is 0 Å². The van der Waals surface area contributed by atoms with E-state index in [1.165, 1.54) is 24.2 Å². The summed E-state index contributed by atoms with van der Waals surface area (Å²) >= 11 is 2.18. The van der Waals surface area contributed by atoms with E-state index in [9.17, 15) is 0 Å². The average Bonchev–Trinajstić information content (AvgIpc) is 3.10. The van der Waals surface area contributed by atoms with Gasteiger partial charge in [-0.2, -0.15) is 0 Å². The molecule has 3 saturated carbocycles. The predicted molar refractivity (Wildman–Crippen MR) is 59.4 cm³/mol. The summed E-state index contributed by atoms with van der Waals surface area (Å²) in [6.45, 7) is 0. The quantitative estimate of drug-likeness (QED) is 0.706. The maximum atomic E-state index is 2.27. The molecule has 0 heterocycles. The molecule has 0 saturated heterocycles. The Balaban J connectivity index is 1.58. The number of benzene rings is 1. The third-order valence-corrected chi connectivity index (χ3v) is 6.14. The van der Waals surface area contributed by atoms with Gasteiger partial charge in [-0.3, -0.25) is 0 Å². The van der Waals surface area contributed by atoms with Gasteiger partial charge in [0.15, 0.2) is 0 Å². The molecule has 0 aromatic heterocycles. The zero-order valence-electron chi connectivity index (χ0n) is 8.15. The molecule has 0 radical (unpaired) electrons. The van der Waals surface area contributed by atoms with Gasteiger partial charge in [-0.25, -0.2) is 0 Å². The predicted octanol–water partition coefficient (Wildman–Crippen LogP) is 3.58. The van der Waals surface area contributed by atoms with Crippen LogP contribution in [0.5, 0.6) is 0 Å². The molecule has 3 aliphatic carbocycles. The molecular weight excluding hydrogens is 188 g/mol. The Bertz CT molecular complexity index is 349. The fourth-order valence-corrected chi connectivity index (χ4v) is 5.55. The lowest BCUT2D eigenvalue weighted by Gasteiger charge is -2.24. The van der Waals surface area contributed by atoms with Crippen LogP contribution in [-0.2, 0) is 0 Å². The Morgan fingerprint density at radius 3 is 2.43 bits per heavy atom. The van der Waals surface area contributed by atoms with Crippen LogP contribution in [0.2, 0.25) is 0 Å². The van der Waals surface area contributed by atoms with Crippen molar-refractivity contribution in [1.82, 2.24) is 0 Å². The van der Waals surface area contributed by atoms with Crippen molar-refractivity contribution in [2.45, 2.75) is 28.9 Å². The van der Waals surface area contributed by atoms with Gasteiger partial charge in [0.05, 0.1) is 0 Å². The van der Waals surface area contributed by atoms with E-state index < -0.39 is 0 Å². The lowest BCUT2D eigenvalue weighted by atomic mass is 9.88. The van der Waals surface area contributed by atoms with Gasteiger partial charge in [0.25, 0.3) is 0 Å². The molecule has 0 aliphatic heterocycles. The summed E-state index contributed by atoms with van der Waals surface area (Å²) in [5, 5.41) is 0. The molecule has 2 atom stereocenters. The number of rotatable bonds is 2. The molecule has 1 aromatic rings. The Labute approximate surface area is 89.1 Å². The monoisotopic (exact) mass is 202 g/mol. The molecular formula is C13H14S. The summed E-state index contributed by atoms with van der Waals surface area (Å²) in [6.07, 6.45) is 4.53. The highest BCUT2D eigenvalue weighted by Crippen LogP contribution is 2.88. The first kappa shape index (κ1) is 7.81. The Hall–Kier alpha value is -0.430. The summed E-state index contributed by atoms with van der Waals surface area (Å²) in [6, 6.07) is 11.0. The fourth-order valence-electron chi connectivity index (χ4n) is 3.69. The van der Waals surface area contributed by atoms with Gasteiger partial charge in [-0.15, -0.1) is 11.8 Å². The van der Waals surface area contributed by atoms with Crippen molar-refractivity contribution in [1.29, 1.82) is 0 Å². The first-order valence-corrected chi connectivity index (χ1v) is 6.48. The maximum Gasteiger partial charge on any atom is 0.0304 e. The molecule has 0 amide bonds. The van der Waals surface area contributed by atoms with Crippen molar-refractivity contribution < 1.29 is 0 Å². The van der Waals surface area contributed by atoms with E-state index in [1.54, 1.807) is 0 Å². The normalized spacial score (nSPS) is 47.0. The maximum absolute atomic E-state index is 2.27. The van der Waals surface area contributed by atoms with E-state index in [-0.39, 0.29) is 0 Å². The van der Waals surface area contributed by atoms with Crippen molar-refractivity contribution in [3.8, 4) is 0 Å². The fraction of sp³-hybridized carbons (Fsp3) is 0.538. The first-order valence-electron chi connectivity index (χ1n) is 5.67. The number of fused-ring (bicyclic) bond motifs is 2. The van der Waals surface area contributed by atoms with E-state index in [1.807, 2.05) is 0 Å². The lowest BCUT2D eigenvalue weighted by molar-refractivity contribution is 0.350. The van der Waals surface area contributed by atoms with Crippen LogP contribution in [-0.4, -0.2) is 4.75 Å². The largest absolute Gasteiger partial charge is 0.118 e. The highest BCUT2D eigenvalue weighted by molar-refractivity contribution is 8.01. The number of hydrogen-bond acceptors (Lipinski definition) is 1. The van der Waals surface area contributed by atoms with Crippen molar-refractivity contribution in [3.63, 3.8) is 0 Å². The molecule has 1 aromatic carbocycles. The summed E-state index contributed by atoms with van der Waals surface area (Å²) < 4.78 is 0.750. The van der Waals surface area contributed by atoms with Gasteiger partial charge in [-0.05, 0) is 42.7 Å². The summed E-state index contributed by atoms with van der Waals surface area (Å²) in [5.41, 5.74) is 0. The van der Waals surface area contributed by atoms with Crippen molar-refractivity contribution >= 4 is 11.8 Å². The summed E-state index contributed by atoms with van der Waals surface area (Å²) in [7, 11) is 0. The van der Waals surface area contributed by atoms with E-state index in [0.717, 1.165) is 22.5 Å². The van der Waals surface area contributed by atoms with Gasteiger partial charge < -0.3 is 0 Å². The molecule has 0 nitrogen and oxygen atoms in total. The molecule has 0 spiro atoms. The van der Waals surface area contributed by atoms with Crippen LogP contribution in [0, 0.1) is 17.8 Å². The van der Waals surface area contributed by atoms with Gasteiger partial charge in [-0.1, -0.05) is 24.6 Å². The smallest absolute Gasteiger partial charge is 0.0304 e. The van der Waals surface area contributed by atoms with Crippen LogP contribution in [0.3, 0.4) is 0 Å². The summed E-state index contributed by atoms with van der Waals surface area (Å²) in [4.78, 5) is 1.49. The zero-order valence-corrected chi connectivity index (χ0v) is 8.96. The Kier molecular flexibility index (Phi) is 1.33. The van der Waals surface area contributed by atoms with Gasteiger partial charge in [0, 0.05) is 9.64 Å². The highest BCUT2D eigenvalue weighted by atomic mass is 32.2. The summed E-state index contributed by atoms with van der Waals surface area (Å²) in [5.74, 6) is 3.33. The number of hydrogen-bond donors (Lipinski definition) is 0. The topological polar surface area (TPSA) is 0 Å². The molecule has 3 aliphatic rings. The van der Waals surface area contributed by atoms with Gasteiger partial charge in [0.2, 0.25) is 0 Å². The third-order valence-electron chi connectivity index (χ3n) is 4.40. The molecule has 1 heteroatoms. The van der Waals surface area contributed by atoms with E-state index >= 15 is 0 Å².